The van der Waals surface area contributed by atoms with Crippen LogP contribution in [0.3, 0.4) is 0 Å². The van der Waals surface area contributed by atoms with Crippen LogP contribution in [-0.4, -0.2) is 36.7 Å². The van der Waals surface area contributed by atoms with Gasteiger partial charge in [0.1, 0.15) is 5.82 Å². The van der Waals surface area contributed by atoms with E-state index in [1.165, 1.54) is 18.2 Å². The Hall–Kier alpha value is -2.93. The molecule has 3 amide bonds. The Morgan fingerprint density at radius 2 is 1.85 bits per heavy atom. The first kappa shape index (κ1) is 18.8. The summed E-state index contributed by atoms with van der Waals surface area (Å²) in [6, 6.07) is 13.0. The fourth-order valence-corrected chi connectivity index (χ4v) is 3.15. The van der Waals surface area contributed by atoms with Crippen molar-refractivity contribution in [3.8, 4) is 0 Å². The highest BCUT2D eigenvalue weighted by molar-refractivity contribution is 5.97. The maximum atomic E-state index is 13.6. The van der Waals surface area contributed by atoms with Gasteiger partial charge in [-0.15, -0.1) is 0 Å². The summed E-state index contributed by atoms with van der Waals surface area (Å²) in [6.45, 7) is 0.300. The molecule has 0 radical (unpaired) electrons. The number of nitrogens with one attached hydrogen (secondary N) is 2. The van der Waals surface area contributed by atoms with Gasteiger partial charge in [0.25, 0.3) is 0 Å². The minimum atomic E-state index is -1.17. The molecular weight excluding hydrogens is 349 g/mol. The fourth-order valence-electron chi connectivity index (χ4n) is 3.15. The maximum Gasteiger partial charge on any atom is 0.315 e. The van der Waals surface area contributed by atoms with Gasteiger partial charge < -0.3 is 20.6 Å². The van der Waals surface area contributed by atoms with E-state index in [9.17, 15) is 19.1 Å². The average molecular weight is 371 g/mol. The number of hydrogen-bond acceptors (Lipinski definition) is 3. The molecule has 1 heterocycles. The number of benzene rings is 2. The molecule has 2 aromatic carbocycles. The Bertz CT molecular complexity index is 828. The number of aryl methyl sites for hydroxylation is 1. The second kappa shape index (κ2) is 8.64. The molecule has 27 heavy (non-hydrogen) atoms. The Labute approximate surface area is 157 Å². The predicted molar refractivity (Wildman–Crippen MR) is 99.9 cm³/mol. The van der Waals surface area contributed by atoms with Crippen LogP contribution in [0, 0.1) is 5.82 Å². The number of rotatable bonds is 5. The summed E-state index contributed by atoms with van der Waals surface area (Å²) in [7, 11) is 0. The predicted octanol–water partition coefficient (Wildman–Crippen LogP) is 2.14. The lowest BCUT2D eigenvalue weighted by Crippen LogP contribution is -2.46. The highest BCUT2D eigenvalue weighted by Gasteiger charge is 2.22. The van der Waals surface area contributed by atoms with Crippen LogP contribution in [0.25, 0.3) is 0 Å². The first-order valence-electron chi connectivity index (χ1n) is 8.88. The molecule has 7 heteroatoms. The van der Waals surface area contributed by atoms with Gasteiger partial charge in [-0.25, -0.2) is 9.18 Å². The highest BCUT2D eigenvalue weighted by Crippen LogP contribution is 2.26. The van der Waals surface area contributed by atoms with E-state index in [0.29, 0.717) is 6.54 Å². The molecule has 1 atom stereocenters. The van der Waals surface area contributed by atoms with Crippen molar-refractivity contribution in [3.63, 3.8) is 0 Å². The quantitative estimate of drug-likeness (QED) is 0.753. The van der Waals surface area contributed by atoms with E-state index in [0.717, 1.165) is 24.1 Å². The van der Waals surface area contributed by atoms with Gasteiger partial charge in [-0.05, 0) is 30.5 Å². The number of anilines is 1. The molecule has 0 bridgehead atoms. The highest BCUT2D eigenvalue weighted by atomic mass is 19.1. The van der Waals surface area contributed by atoms with E-state index in [4.69, 9.17) is 0 Å². The van der Waals surface area contributed by atoms with Crippen molar-refractivity contribution in [2.45, 2.75) is 18.9 Å². The van der Waals surface area contributed by atoms with Gasteiger partial charge in [-0.1, -0.05) is 36.4 Å². The second-order valence-corrected chi connectivity index (χ2v) is 6.38. The Balaban J connectivity index is 1.48. The molecule has 0 saturated heterocycles. The van der Waals surface area contributed by atoms with E-state index in [-0.39, 0.29) is 24.6 Å². The van der Waals surface area contributed by atoms with Gasteiger partial charge in [-0.3, -0.25) is 4.79 Å². The van der Waals surface area contributed by atoms with Crippen LogP contribution in [0.5, 0.6) is 0 Å². The van der Waals surface area contributed by atoms with Crippen molar-refractivity contribution in [1.82, 2.24) is 10.6 Å². The Morgan fingerprint density at radius 3 is 2.67 bits per heavy atom. The summed E-state index contributed by atoms with van der Waals surface area (Å²) in [5.41, 5.74) is 2.11. The van der Waals surface area contributed by atoms with Gasteiger partial charge in [-0.2, -0.15) is 0 Å². The first-order valence-corrected chi connectivity index (χ1v) is 8.88. The lowest BCUT2D eigenvalue weighted by Gasteiger charge is -2.29. The number of carbonyl (C=O) groups is 2. The van der Waals surface area contributed by atoms with Crippen molar-refractivity contribution in [3.05, 3.63) is 65.5 Å². The number of hydrogen-bond donors (Lipinski definition) is 3. The summed E-state index contributed by atoms with van der Waals surface area (Å²) in [4.78, 5) is 26.0. The molecule has 0 saturated carbocycles. The van der Waals surface area contributed by atoms with Crippen molar-refractivity contribution in [2.75, 3.05) is 24.5 Å². The molecule has 1 aliphatic heterocycles. The Kier molecular flexibility index (Phi) is 6.03. The zero-order valence-electron chi connectivity index (χ0n) is 14.8. The number of fused-ring (bicyclic) bond motifs is 1. The molecule has 0 aromatic heterocycles. The largest absolute Gasteiger partial charge is 0.386 e. The van der Waals surface area contributed by atoms with E-state index in [1.807, 2.05) is 24.3 Å². The van der Waals surface area contributed by atoms with Crippen molar-refractivity contribution in [1.29, 1.82) is 0 Å². The van der Waals surface area contributed by atoms with E-state index >= 15 is 0 Å². The van der Waals surface area contributed by atoms with Crippen LogP contribution in [0.4, 0.5) is 14.9 Å². The number of halogens is 1. The van der Waals surface area contributed by atoms with Crippen molar-refractivity contribution in [2.24, 2.45) is 0 Å². The van der Waals surface area contributed by atoms with Gasteiger partial charge in [0.05, 0.1) is 12.6 Å². The summed E-state index contributed by atoms with van der Waals surface area (Å²) in [5.74, 6) is -0.738. The average Bonchev–Trinajstić information content (AvgIpc) is 2.70. The van der Waals surface area contributed by atoms with E-state index in [2.05, 4.69) is 10.6 Å². The molecule has 142 valence electrons. The standard InChI is InChI=1S/C20H22FN3O3/c21-16-9-3-2-8-15(16)18(25)12-22-20(27)23-13-19(26)24-11-5-7-14-6-1-4-10-17(14)24/h1-4,6,8-10,18,25H,5,7,11-13H2,(H2,22,23,27)/t18-/m0/s1. The zero-order chi connectivity index (χ0) is 19.2. The number of aliphatic hydroxyl groups excluding tert-OH is 1. The third-order valence-electron chi connectivity index (χ3n) is 4.53. The molecule has 0 spiro atoms. The number of para-hydroxylation sites is 1. The lowest BCUT2D eigenvalue weighted by molar-refractivity contribution is -0.117. The van der Waals surface area contributed by atoms with Crippen LogP contribution in [-0.2, 0) is 11.2 Å². The molecule has 2 aromatic rings. The molecule has 0 aliphatic carbocycles. The number of amides is 3. The summed E-state index contributed by atoms with van der Waals surface area (Å²) < 4.78 is 13.6. The van der Waals surface area contributed by atoms with Gasteiger partial charge in [0, 0.05) is 24.3 Å². The van der Waals surface area contributed by atoms with Gasteiger partial charge in [0.2, 0.25) is 5.91 Å². The molecular formula is C20H22FN3O3. The Morgan fingerprint density at radius 1 is 1.11 bits per heavy atom. The fraction of sp³-hybridized carbons (Fsp3) is 0.300. The van der Waals surface area contributed by atoms with Crippen LogP contribution < -0.4 is 15.5 Å². The van der Waals surface area contributed by atoms with Gasteiger partial charge >= 0.3 is 6.03 Å². The van der Waals surface area contributed by atoms with Crippen molar-refractivity contribution >= 4 is 17.6 Å². The molecule has 1 aliphatic rings. The zero-order valence-corrected chi connectivity index (χ0v) is 14.8. The van der Waals surface area contributed by atoms with Crippen LogP contribution >= 0.6 is 0 Å². The third-order valence-corrected chi connectivity index (χ3v) is 4.53. The number of aliphatic hydroxyl groups is 1. The van der Waals surface area contributed by atoms with E-state index in [1.54, 1.807) is 11.0 Å². The topological polar surface area (TPSA) is 81.7 Å². The van der Waals surface area contributed by atoms with Crippen molar-refractivity contribution < 1.29 is 19.1 Å². The number of urea groups is 1. The summed E-state index contributed by atoms with van der Waals surface area (Å²) in [6.07, 6.45) is 0.646. The second-order valence-electron chi connectivity index (χ2n) is 6.38. The summed E-state index contributed by atoms with van der Waals surface area (Å²) in [5, 5.41) is 14.9. The minimum absolute atomic E-state index is 0.110. The first-order chi connectivity index (χ1) is 13.1. The number of carbonyl (C=O) groups excluding carboxylic acids is 2. The van der Waals surface area contributed by atoms with Crippen LogP contribution in [0.1, 0.15) is 23.7 Å². The molecule has 3 N–H and O–H groups in total. The SMILES string of the molecule is O=C(NCC(=O)N1CCCc2ccccc21)NC[C@H](O)c1ccccc1F. The lowest BCUT2D eigenvalue weighted by atomic mass is 10.0. The molecule has 0 fully saturated rings. The summed E-state index contributed by atoms with van der Waals surface area (Å²) >= 11 is 0. The van der Waals surface area contributed by atoms with Crippen LogP contribution in [0.2, 0.25) is 0 Å². The molecule has 6 nitrogen and oxygen atoms in total. The number of nitrogens with zero attached hydrogens (tertiary/aromatic N) is 1. The maximum absolute atomic E-state index is 13.6. The minimum Gasteiger partial charge on any atom is -0.386 e. The molecule has 0 unspecified atom stereocenters. The molecule has 3 rings (SSSR count). The van der Waals surface area contributed by atoms with Gasteiger partial charge in [0.15, 0.2) is 0 Å². The van der Waals surface area contributed by atoms with Crippen LogP contribution in [0.15, 0.2) is 48.5 Å². The smallest absolute Gasteiger partial charge is 0.315 e. The monoisotopic (exact) mass is 371 g/mol. The van der Waals surface area contributed by atoms with E-state index < -0.39 is 18.0 Å². The normalized spacial score (nSPS) is 14.2. The third kappa shape index (κ3) is 4.62.